The first-order valence-electron chi connectivity index (χ1n) is 9.28. The number of piperidine rings is 1. The van der Waals surface area contributed by atoms with Gasteiger partial charge in [0.2, 0.25) is 11.7 Å². The van der Waals surface area contributed by atoms with E-state index in [-0.39, 0.29) is 17.3 Å². The maximum absolute atomic E-state index is 12.9. The molecule has 30 heavy (non-hydrogen) atoms. The lowest BCUT2D eigenvalue weighted by atomic mass is 9.97. The highest BCUT2D eigenvalue weighted by molar-refractivity contribution is 5.70. The van der Waals surface area contributed by atoms with Crippen molar-refractivity contribution in [1.29, 1.82) is 0 Å². The molecule has 1 amide bonds. The van der Waals surface area contributed by atoms with Crippen molar-refractivity contribution < 1.29 is 27.2 Å². The molecule has 7 nitrogen and oxygen atoms in total. The van der Waals surface area contributed by atoms with Crippen LogP contribution >= 0.6 is 0 Å². The highest BCUT2D eigenvalue weighted by Crippen LogP contribution is 2.33. The zero-order valence-electron chi connectivity index (χ0n) is 15.7. The van der Waals surface area contributed by atoms with Crippen LogP contribution in [0.15, 0.2) is 53.3 Å². The van der Waals surface area contributed by atoms with Gasteiger partial charge in [0.15, 0.2) is 5.75 Å². The van der Waals surface area contributed by atoms with Crippen molar-refractivity contribution >= 4 is 6.09 Å². The molecule has 1 aliphatic rings. The summed E-state index contributed by atoms with van der Waals surface area (Å²) < 4.78 is 49.3. The van der Waals surface area contributed by atoms with Gasteiger partial charge in [-0.25, -0.2) is 4.79 Å². The molecule has 2 aromatic heterocycles. The van der Waals surface area contributed by atoms with Gasteiger partial charge in [-0.1, -0.05) is 17.3 Å². The van der Waals surface area contributed by atoms with Crippen molar-refractivity contribution in [2.24, 2.45) is 0 Å². The van der Waals surface area contributed by atoms with Crippen LogP contribution in [0.4, 0.5) is 18.0 Å². The van der Waals surface area contributed by atoms with E-state index in [2.05, 4.69) is 15.1 Å². The largest absolute Gasteiger partial charge is 0.416 e. The summed E-state index contributed by atoms with van der Waals surface area (Å²) in [5, 5.41) is 3.83. The second-order valence-corrected chi connectivity index (χ2v) is 6.85. The van der Waals surface area contributed by atoms with Crippen LogP contribution in [0.5, 0.6) is 5.75 Å². The summed E-state index contributed by atoms with van der Waals surface area (Å²) in [5.74, 6) is 0.740. The molecular weight excluding hydrogens is 401 g/mol. The molecule has 0 atom stereocenters. The van der Waals surface area contributed by atoms with Crippen molar-refractivity contribution in [1.82, 2.24) is 20.0 Å². The minimum Gasteiger partial charge on any atom is -0.409 e. The molecule has 156 valence electrons. The molecule has 0 radical (unpaired) electrons. The summed E-state index contributed by atoms with van der Waals surface area (Å²) in [6.07, 6.45) is -0.714. The summed E-state index contributed by atoms with van der Waals surface area (Å²) in [7, 11) is 0. The van der Waals surface area contributed by atoms with E-state index in [0.29, 0.717) is 37.6 Å². The second kappa shape index (κ2) is 8.13. The van der Waals surface area contributed by atoms with Gasteiger partial charge in [-0.15, -0.1) is 0 Å². The lowest BCUT2D eigenvalue weighted by molar-refractivity contribution is -0.137. The molecule has 3 aromatic rings. The first kappa shape index (κ1) is 19.9. The fourth-order valence-corrected chi connectivity index (χ4v) is 3.23. The number of carbonyl (C=O) groups is 1. The Hall–Kier alpha value is -3.43. The van der Waals surface area contributed by atoms with E-state index in [4.69, 9.17) is 9.26 Å². The van der Waals surface area contributed by atoms with Crippen molar-refractivity contribution in [3.05, 3.63) is 60.2 Å². The fraction of sp³-hybridized carbons (Fsp3) is 0.300. The highest BCUT2D eigenvalue weighted by Gasteiger charge is 2.31. The monoisotopic (exact) mass is 418 g/mol. The van der Waals surface area contributed by atoms with Gasteiger partial charge in [-0.2, -0.15) is 18.2 Å². The van der Waals surface area contributed by atoms with Gasteiger partial charge >= 0.3 is 12.3 Å². The van der Waals surface area contributed by atoms with Crippen LogP contribution in [-0.2, 0) is 6.18 Å². The van der Waals surface area contributed by atoms with Gasteiger partial charge in [-0.3, -0.25) is 4.98 Å². The Kier molecular flexibility index (Phi) is 5.39. The molecule has 3 heterocycles. The number of aromatic nitrogens is 3. The van der Waals surface area contributed by atoms with E-state index >= 15 is 0 Å². The summed E-state index contributed by atoms with van der Waals surface area (Å²) in [6.45, 7) is 0.871. The third-order valence-corrected chi connectivity index (χ3v) is 4.83. The number of benzene rings is 1. The van der Waals surface area contributed by atoms with E-state index in [1.54, 1.807) is 23.2 Å². The van der Waals surface area contributed by atoms with Gasteiger partial charge in [0.05, 0.1) is 11.8 Å². The molecule has 0 saturated carbocycles. The number of rotatable bonds is 3. The third kappa shape index (κ3) is 4.42. The van der Waals surface area contributed by atoms with Gasteiger partial charge < -0.3 is 14.2 Å². The first-order valence-corrected chi connectivity index (χ1v) is 9.28. The van der Waals surface area contributed by atoms with Gasteiger partial charge in [0, 0.05) is 30.8 Å². The number of carbonyl (C=O) groups excluding carboxylic acids is 1. The van der Waals surface area contributed by atoms with E-state index in [9.17, 15) is 18.0 Å². The molecule has 4 rings (SSSR count). The molecule has 1 aliphatic heterocycles. The van der Waals surface area contributed by atoms with Gasteiger partial charge in [0.25, 0.3) is 0 Å². The number of ether oxygens (including phenoxy) is 1. The first-order chi connectivity index (χ1) is 14.4. The Morgan fingerprint density at radius 2 is 1.97 bits per heavy atom. The molecule has 0 N–H and O–H groups in total. The topological polar surface area (TPSA) is 81.4 Å². The Labute approximate surface area is 169 Å². The number of halogens is 3. The Balaban J connectivity index is 1.38. The van der Waals surface area contributed by atoms with Crippen LogP contribution in [0, 0.1) is 0 Å². The molecule has 0 bridgehead atoms. The van der Waals surface area contributed by atoms with Crippen molar-refractivity contribution in [2.75, 3.05) is 13.1 Å². The number of pyridine rings is 1. The molecule has 1 fully saturated rings. The maximum Gasteiger partial charge on any atom is 0.416 e. The Morgan fingerprint density at radius 1 is 1.17 bits per heavy atom. The lowest BCUT2D eigenvalue weighted by Gasteiger charge is -2.29. The van der Waals surface area contributed by atoms with Crippen LogP contribution in [0.2, 0.25) is 0 Å². The van der Waals surface area contributed by atoms with Gasteiger partial charge in [0.1, 0.15) is 0 Å². The standard InChI is InChI=1S/C20H17F3N4O3/c21-20(22,23)15-4-1-3-14(11-15)17-25-18(30-26-17)13-6-9-27(10-7-13)19(28)29-16-5-2-8-24-12-16/h1-5,8,11-13H,6-7,9-10H2. The van der Waals surface area contributed by atoms with Gasteiger partial charge in [-0.05, 0) is 37.1 Å². The SMILES string of the molecule is O=C(Oc1cccnc1)N1CCC(c2nc(-c3cccc(C(F)(F)F)c3)no2)CC1. The molecule has 1 saturated heterocycles. The van der Waals surface area contributed by atoms with E-state index in [1.807, 2.05) is 0 Å². The molecular formula is C20H17F3N4O3. The Bertz CT molecular complexity index is 1020. The minimum absolute atomic E-state index is 0.0838. The zero-order chi connectivity index (χ0) is 21.1. The predicted molar refractivity (Wildman–Crippen MR) is 98.5 cm³/mol. The van der Waals surface area contributed by atoms with Crippen LogP contribution in [0.25, 0.3) is 11.4 Å². The number of likely N-dealkylation sites (tertiary alicyclic amines) is 1. The quantitative estimate of drug-likeness (QED) is 0.622. The average molecular weight is 418 g/mol. The molecule has 0 spiro atoms. The number of nitrogens with zero attached hydrogens (tertiary/aromatic N) is 4. The maximum atomic E-state index is 12.9. The van der Waals surface area contributed by atoms with E-state index < -0.39 is 17.8 Å². The third-order valence-electron chi connectivity index (χ3n) is 4.83. The van der Waals surface area contributed by atoms with E-state index in [0.717, 1.165) is 12.1 Å². The van der Waals surface area contributed by atoms with Crippen LogP contribution in [-0.4, -0.2) is 39.2 Å². The number of alkyl halides is 3. The lowest BCUT2D eigenvalue weighted by Crippen LogP contribution is -2.39. The van der Waals surface area contributed by atoms with Crippen LogP contribution in [0.1, 0.15) is 30.2 Å². The summed E-state index contributed by atoms with van der Waals surface area (Å²) in [4.78, 5) is 22.0. The number of amides is 1. The van der Waals surface area contributed by atoms with Crippen molar-refractivity contribution in [2.45, 2.75) is 24.9 Å². The van der Waals surface area contributed by atoms with Crippen LogP contribution < -0.4 is 4.74 Å². The summed E-state index contributed by atoms with van der Waals surface area (Å²) in [5.41, 5.74) is -0.538. The smallest absolute Gasteiger partial charge is 0.409 e. The van der Waals surface area contributed by atoms with Crippen molar-refractivity contribution in [3.8, 4) is 17.1 Å². The molecule has 1 aromatic carbocycles. The molecule has 10 heteroatoms. The highest BCUT2D eigenvalue weighted by atomic mass is 19.4. The molecule has 0 aliphatic carbocycles. The Morgan fingerprint density at radius 3 is 2.67 bits per heavy atom. The minimum atomic E-state index is -4.44. The second-order valence-electron chi connectivity index (χ2n) is 6.85. The zero-order valence-corrected chi connectivity index (χ0v) is 15.7. The summed E-state index contributed by atoms with van der Waals surface area (Å²) >= 11 is 0. The predicted octanol–water partition coefficient (Wildman–Crippen LogP) is 4.53. The van der Waals surface area contributed by atoms with Crippen LogP contribution in [0.3, 0.4) is 0 Å². The fourth-order valence-electron chi connectivity index (χ4n) is 3.23. The average Bonchev–Trinajstić information content (AvgIpc) is 3.24. The summed E-state index contributed by atoms with van der Waals surface area (Å²) in [6, 6.07) is 8.11. The van der Waals surface area contributed by atoms with E-state index in [1.165, 1.54) is 18.3 Å². The number of hydrogen-bond acceptors (Lipinski definition) is 6. The molecule has 0 unspecified atom stereocenters. The number of hydrogen-bond donors (Lipinski definition) is 0. The normalized spacial score (nSPS) is 15.2. The van der Waals surface area contributed by atoms with Crippen molar-refractivity contribution in [3.63, 3.8) is 0 Å².